The number of hydrogen-bond donors (Lipinski definition) is 1. The second kappa shape index (κ2) is 7.21. The van der Waals surface area contributed by atoms with E-state index in [4.69, 9.17) is 0 Å². The van der Waals surface area contributed by atoms with Crippen LogP contribution in [-0.4, -0.2) is 25.6 Å². The van der Waals surface area contributed by atoms with E-state index in [1.54, 1.807) is 12.5 Å². The predicted octanol–water partition coefficient (Wildman–Crippen LogP) is 3.13. The first-order chi connectivity index (χ1) is 12.5. The van der Waals surface area contributed by atoms with Crippen LogP contribution < -0.4 is 5.43 Å². The Hall–Kier alpha value is -4.08. The highest BCUT2D eigenvalue weighted by atomic mass is 16.6. The third kappa shape index (κ3) is 3.70. The van der Waals surface area contributed by atoms with E-state index in [1.807, 2.05) is 35.0 Å². The number of anilines is 1. The number of nitro benzene ring substituents is 2. The number of benzene rings is 2. The zero-order chi connectivity index (χ0) is 18.5. The molecule has 0 saturated carbocycles. The molecule has 0 amide bonds. The van der Waals surface area contributed by atoms with Crippen molar-refractivity contribution in [2.24, 2.45) is 5.10 Å². The average molecular weight is 352 g/mol. The Bertz CT molecular complexity index is 967. The molecule has 26 heavy (non-hydrogen) atoms. The molecule has 0 saturated heterocycles. The highest BCUT2D eigenvalue weighted by Gasteiger charge is 2.18. The van der Waals surface area contributed by atoms with Crippen LogP contribution in [0, 0.1) is 20.2 Å². The lowest BCUT2D eigenvalue weighted by Crippen LogP contribution is -1.98. The molecule has 2 aromatic carbocycles. The van der Waals surface area contributed by atoms with Crippen molar-refractivity contribution in [1.82, 2.24) is 9.55 Å². The number of rotatable bonds is 6. The zero-order valence-electron chi connectivity index (χ0n) is 13.2. The Labute approximate surface area is 146 Å². The van der Waals surface area contributed by atoms with Gasteiger partial charge in [0.25, 0.3) is 5.69 Å². The molecule has 0 aliphatic rings. The summed E-state index contributed by atoms with van der Waals surface area (Å²) < 4.78 is 1.85. The summed E-state index contributed by atoms with van der Waals surface area (Å²) in [6, 6.07) is 10.7. The van der Waals surface area contributed by atoms with Crippen molar-refractivity contribution in [3.8, 4) is 5.69 Å². The van der Waals surface area contributed by atoms with E-state index >= 15 is 0 Å². The number of aromatic nitrogens is 2. The van der Waals surface area contributed by atoms with Gasteiger partial charge in [0, 0.05) is 24.1 Å². The summed E-state index contributed by atoms with van der Waals surface area (Å²) in [6.07, 6.45) is 6.66. The van der Waals surface area contributed by atoms with Gasteiger partial charge in [-0.1, -0.05) is 12.1 Å². The minimum atomic E-state index is -0.704. The highest BCUT2D eigenvalue weighted by Crippen LogP contribution is 2.28. The second-order valence-corrected chi connectivity index (χ2v) is 5.15. The van der Waals surface area contributed by atoms with Gasteiger partial charge < -0.3 is 4.57 Å². The SMILES string of the molecule is O=[N+]([O-])c1ccc(N/N=C/c2ccc(-n3ccnc3)cc2)c([N+](=O)[O-])c1. The molecule has 130 valence electrons. The van der Waals surface area contributed by atoms with Gasteiger partial charge in [0.05, 0.1) is 28.5 Å². The van der Waals surface area contributed by atoms with Crippen molar-refractivity contribution >= 4 is 23.3 Å². The Morgan fingerprint density at radius 2 is 1.85 bits per heavy atom. The van der Waals surface area contributed by atoms with Crippen LogP contribution in [0.25, 0.3) is 5.69 Å². The number of non-ortho nitro benzene ring substituents is 1. The maximum atomic E-state index is 11.1. The number of hydrogen-bond acceptors (Lipinski definition) is 7. The Morgan fingerprint density at radius 1 is 1.08 bits per heavy atom. The molecule has 0 radical (unpaired) electrons. The summed E-state index contributed by atoms with van der Waals surface area (Å²) in [5.41, 5.74) is 3.52. The van der Waals surface area contributed by atoms with E-state index in [2.05, 4.69) is 15.5 Å². The quantitative estimate of drug-likeness (QED) is 0.412. The number of nitrogens with one attached hydrogen (secondary N) is 1. The van der Waals surface area contributed by atoms with E-state index in [-0.39, 0.29) is 11.4 Å². The van der Waals surface area contributed by atoms with E-state index < -0.39 is 15.5 Å². The first kappa shape index (κ1) is 16.8. The Morgan fingerprint density at radius 3 is 2.46 bits per heavy atom. The highest BCUT2D eigenvalue weighted by molar-refractivity contribution is 5.81. The van der Waals surface area contributed by atoms with Gasteiger partial charge in [0.15, 0.2) is 0 Å². The molecule has 0 spiro atoms. The molecule has 0 bridgehead atoms. The smallest absolute Gasteiger partial charge is 0.301 e. The molecular formula is C16H12N6O4. The van der Waals surface area contributed by atoms with Gasteiger partial charge in [-0.25, -0.2) is 4.98 Å². The minimum absolute atomic E-state index is 0.0619. The van der Waals surface area contributed by atoms with Crippen LogP contribution in [0.3, 0.4) is 0 Å². The Balaban J connectivity index is 1.74. The lowest BCUT2D eigenvalue weighted by molar-refractivity contribution is -0.393. The van der Waals surface area contributed by atoms with Crippen LogP contribution in [-0.2, 0) is 0 Å². The maximum Gasteiger partial charge on any atom is 0.301 e. The third-order valence-corrected chi connectivity index (χ3v) is 3.48. The standard InChI is InChI=1S/C16H12N6O4/c23-21(24)14-5-6-15(16(9-14)22(25)26)19-18-10-12-1-3-13(4-2-12)20-8-7-17-11-20/h1-11,19H/b18-10+. The zero-order valence-corrected chi connectivity index (χ0v) is 13.2. The predicted molar refractivity (Wildman–Crippen MR) is 94.5 cm³/mol. The van der Waals surface area contributed by atoms with Gasteiger partial charge in [0.2, 0.25) is 0 Å². The number of nitro groups is 2. The third-order valence-electron chi connectivity index (χ3n) is 3.48. The summed E-state index contributed by atoms with van der Waals surface area (Å²) >= 11 is 0. The molecule has 3 rings (SSSR count). The molecular weight excluding hydrogens is 340 g/mol. The molecule has 0 aliphatic carbocycles. The summed E-state index contributed by atoms with van der Waals surface area (Å²) in [7, 11) is 0. The van der Waals surface area contributed by atoms with E-state index in [0.717, 1.165) is 17.3 Å². The molecule has 0 fully saturated rings. The van der Waals surface area contributed by atoms with Gasteiger partial charge in [-0.15, -0.1) is 0 Å². The van der Waals surface area contributed by atoms with Crippen LogP contribution in [0.5, 0.6) is 0 Å². The van der Waals surface area contributed by atoms with Gasteiger partial charge in [0.1, 0.15) is 5.69 Å². The molecule has 0 atom stereocenters. The molecule has 1 heterocycles. The summed E-state index contributed by atoms with van der Waals surface area (Å²) in [5, 5.41) is 25.7. The van der Waals surface area contributed by atoms with E-state index in [0.29, 0.717) is 0 Å². The lowest BCUT2D eigenvalue weighted by Gasteiger charge is -2.03. The number of nitrogens with zero attached hydrogens (tertiary/aromatic N) is 5. The van der Waals surface area contributed by atoms with Gasteiger partial charge in [-0.2, -0.15) is 5.10 Å². The fourth-order valence-corrected chi connectivity index (χ4v) is 2.20. The van der Waals surface area contributed by atoms with E-state index in [1.165, 1.54) is 18.3 Å². The summed E-state index contributed by atoms with van der Waals surface area (Å²) in [5.74, 6) is 0. The fraction of sp³-hybridized carbons (Fsp3) is 0. The number of hydrazone groups is 1. The molecule has 0 aliphatic heterocycles. The summed E-state index contributed by atoms with van der Waals surface area (Å²) in [6.45, 7) is 0. The average Bonchev–Trinajstić information content (AvgIpc) is 3.17. The topological polar surface area (TPSA) is 128 Å². The lowest BCUT2D eigenvalue weighted by atomic mass is 10.2. The Kier molecular flexibility index (Phi) is 4.65. The van der Waals surface area contributed by atoms with Crippen molar-refractivity contribution in [2.45, 2.75) is 0 Å². The summed E-state index contributed by atoms with van der Waals surface area (Å²) in [4.78, 5) is 24.4. The monoisotopic (exact) mass is 352 g/mol. The van der Waals surface area contributed by atoms with Crippen molar-refractivity contribution in [1.29, 1.82) is 0 Å². The van der Waals surface area contributed by atoms with Crippen LogP contribution in [0.2, 0.25) is 0 Å². The van der Waals surface area contributed by atoms with Crippen molar-refractivity contribution in [3.05, 3.63) is 87.0 Å². The molecule has 1 aromatic heterocycles. The van der Waals surface area contributed by atoms with Crippen LogP contribution in [0.15, 0.2) is 66.3 Å². The minimum Gasteiger partial charge on any atom is -0.306 e. The second-order valence-electron chi connectivity index (χ2n) is 5.15. The van der Waals surface area contributed by atoms with E-state index in [9.17, 15) is 20.2 Å². The van der Waals surface area contributed by atoms with Crippen LogP contribution in [0.4, 0.5) is 17.1 Å². The largest absolute Gasteiger partial charge is 0.306 e. The first-order valence-corrected chi connectivity index (χ1v) is 7.35. The maximum absolute atomic E-state index is 11.1. The molecule has 1 N–H and O–H groups in total. The van der Waals surface area contributed by atoms with Gasteiger partial charge in [-0.3, -0.25) is 25.7 Å². The van der Waals surface area contributed by atoms with Crippen LogP contribution >= 0.6 is 0 Å². The first-order valence-electron chi connectivity index (χ1n) is 7.35. The fourth-order valence-electron chi connectivity index (χ4n) is 2.20. The molecule has 0 unspecified atom stereocenters. The van der Waals surface area contributed by atoms with Crippen molar-refractivity contribution < 1.29 is 9.85 Å². The van der Waals surface area contributed by atoms with Gasteiger partial charge in [-0.05, 0) is 23.8 Å². The number of imidazole rings is 1. The van der Waals surface area contributed by atoms with Crippen molar-refractivity contribution in [2.75, 3.05) is 5.43 Å². The van der Waals surface area contributed by atoms with Gasteiger partial charge >= 0.3 is 5.69 Å². The molecule has 3 aromatic rings. The molecule has 10 heteroatoms. The normalized spacial score (nSPS) is 10.8. The molecule has 10 nitrogen and oxygen atoms in total. The van der Waals surface area contributed by atoms with Crippen molar-refractivity contribution in [3.63, 3.8) is 0 Å². The van der Waals surface area contributed by atoms with Crippen LogP contribution in [0.1, 0.15) is 5.56 Å².